The van der Waals surface area contributed by atoms with E-state index in [2.05, 4.69) is 29.4 Å². The summed E-state index contributed by atoms with van der Waals surface area (Å²) in [5.74, 6) is 0.966. The highest BCUT2D eigenvalue weighted by Crippen LogP contribution is 2.28. The molecular formula is C16H16N2O. The van der Waals surface area contributed by atoms with Gasteiger partial charge in [0.25, 0.3) is 0 Å². The highest BCUT2D eigenvalue weighted by atomic mass is 16.3. The lowest BCUT2D eigenvalue weighted by Gasteiger charge is -2.17. The highest BCUT2D eigenvalue weighted by molar-refractivity contribution is 5.93. The maximum Gasteiger partial charge on any atom is 0.125 e. The van der Waals surface area contributed by atoms with E-state index in [4.69, 9.17) is 4.42 Å². The predicted octanol–water partition coefficient (Wildman–Crippen LogP) is 4.39. The van der Waals surface area contributed by atoms with E-state index in [-0.39, 0.29) is 6.04 Å². The van der Waals surface area contributed by atoms with Crippen molar-refractivity contribution in [2.45, 2.75) is 19.4 Å². The van der Waals surface area contributed by atoms with Crippen LogP contribution in [0.4, 0.5) is 5.69 Å². The molecule has 1 N–H and O–H groups in total. The Hall–Kier alpha value is -2.29. The van der Waals surface area contributed by atoms with Crippen LogP contribution in [0.1, 0.15) is 25.1 Å². The Balaban J connectivity index is 1.96. The molecule has 3 nitrogen and oxygen atoms in total. The van der Waals surface area contributed by atoms with Crippen LogP contribution in [0.5, 0.6) is 0 Å². The van der Waals surface area contributed by atoms with Crippen molar-refractivity contribution in [2.75, 3.05) is 5.32 Å². The smallest absolute Gasteiger partial charge is 0.125 e. The van der Waals surface area contributed by atoms with Gasteiger partial charge in [0.1, 0.15) is 5.76 Å². The van der Waals surface area contributed by atoms with Crippen LogP contribution >= 0.6 is 0 Å². The second-order valence-electron chi connectivity index (χ2n) is 4.52. The number of hydrogen-bond donors (Lipinski definition) is 1. The highest BCUT2D eigenvalue weighted by Gasteiger charge is 2.12. The van der Waals surface area contributed by atoms with Gasteiger partial charge in [-0.1, -0.05) is 19.1 Å². The van der Waals surface area contributed by atoms with Gasteiger partial charge in [-0.15, -0.1) is 0 Å². The van der Waals surface area contributed by atoms with Gasteiger partial charge in [0, 0.05) is 28.9 Å². The Bertz CT molecular complexity index is 656. The largest absolute Gasteiger partial charge is 0.467 e. The summed E-state index contributed by atoms with van der Waals surface area (Å²) in [4.78, 5) is 4.16. The summed E-state index contributed by atoms with van der Waals surface area (Å²) in [6.07, 6.45) is 6.39. The number of rotatable bonds is 4. The van der Waals surface area contributed by atoms with Crippen LogP contribution in [0.2, 0.25) is 0 Å². The number of hydrogen-bond acceptors (Lipinski definition) is 3. The summed E-state index contributed by atoms with van der Waals surface area (Å²) in [6, 6.07) is 12.4. The maximum absolute atomic E-state index is 5.50. The van der Waals surface area contributed by atoms with E-state index in [1.54, 1.807) is 6.26 Å². The van der Waals surface area contributed by atoms with Crippen LogP contribution in [0.3, 0.4) is 0 Å². The Morgan fingerprint density at radius 1 is 1.21 bits per heavy atom. The SMILES string of the molecule is CCC(Nc1cccc2cnccc12)c1ccco1. The van der Waals surface area contributed by atoms with Crippen molar-refractivity contribution in [3.63, 3.8) is 0 Å². The minimum absolute atomic E-state index is 0.189. The minimum Gasteiger partial charge on any atom is -0.467 e. The van der Waals surface area contributed by atoms with Crippen molar-refractivity contribution in [3.05, 3.63) is 60.8 Å². The van der Waals surface area contributed by atoms with Gasteiger partial charge in [-0.2, -0.15) is 0 Å². The lowest BCUT2D eigenvalue weighted by Crippen LogP contribution is -2.08. The van der Waals surface area contributed by atoms with Gasteiger partial charge in [0.2, 0.25) is 0 Å². The number of furan rings is 1. The second-order valence-corrected chi connectivity index (χ2v) is 4.52. The Kier molecular flexibility index (Phi) is 3.19. The molecule has 0 aliphatic rings. The molecule has 1 atom stereocenters. The maximum atomic E-state index is 5.50. The fourth-order valence-electron chi connectivity index (χ4n) is 2.30. The van der Waals surface area contributed by atoms with E-state index in [1.165, 1.54) is 5.39 Å². The molecule has 0 fully saturated rings. The first-order valence-corrected chi connectivity index (χ1v) is 6.51. The fourth-order valence-corrected chi connectivity index (χ4v) is 2.30. The van der Waals surface area contributed by atoms with Crippen LogP contribution < -0.4 is 5.32 Å². The molecule has 1 unspecified atom stereocenters. The normalized spacial score (nSPS) is 12.5. The summed E-state index contributed by atoms with van der Waals surface area (Å²) in [5, 5.41) is 5.88. The lowest BCUT2D eigenvalue weighted by atomic mass is 10.1. The first kappa shape index (κ1) is 11.8. The third-order valence-electron chi connectivity index (χ3n) is 3.31. The molecule has 0 radical (unpaired) electrons. The van der Waals surface area contributed by atoms with Gasteiger partial charge in [0.15, 0.2) is 0 Å². The molecule has 2 heterocycles. The van der Waals surface area contributed by atoms with Crippen LogP contribution in [-0.4, -0.2) is 4.98 Å². The molecule has 3 heteroatoms. The lowest BCUT2D eigenvalue weighted by molar-refractivity contribution is 0.474. The van der Waals surface area contributed by atoms with Gasteiger partial charge in [-0.3, -0.25) is 4.98 Å². The summed E-state index contributed by atoms with van der Waals surface area (Å²) in [5.41, 5.74) is 1.11. The van der Waals surface area contributed by atoms with E-state index < -0.39 is 0 Å². The number of nitrogens with zero attached hydrogens (tertiary/aromatic N) is 1. The number of fused-ring (bicyclic) bond motifs is 1. The van der Waals surface area contributed by atoms with E-state index in [9.17, 15) is 0 Å². The molecule has 0 bridgehead atoms. The van der Waals surface area contributed by atoms with Crippen molar-refractivity contribution < 1.29 is 4.42 Å². The van der Waals surface area contributed by atoms with Crippen molar-refractivity contribution in [1.29, 1.82) is 0 Å². The van der Waals surface area contributed by atoms with E-state index >= 15 is 0 Å². The molecule has 19 heavy (non-hydrogen) atoms. The number of aromatic nitrogens is 1. The Morgan fingerprint density at radius 2 is 2.16 bits per heavy atom. The molecule has 0 spiro atoms. The van der Waals surface area contributed by atoms with Gasteiger partial charge in [0.05, 0.1) is 12.3 Å². The van der Waals surface area contributed by atoms with Gasteiger partial charge < -0.3 is 9.73 Å². The number of anilines is 1. The van der Waals surface area contributed by atoms with E-state index in [1.807, 2.05) is 36.7 Å². The first-order chi connectivity index (χ1) is 9.38. The zero-order chi connectivity index (χ0) is 13.1. The van der Waals surface area contributed by atoms with Crippen LogP contribution in [0.15, 0.2) is 59.5 Å². The standard InChI is InChI=1S/C16H16N2O/c1-2-14(16-7-4-10-19-16)18-15-6-3-5-12-11-17-9-8-13(12)15/h3-11,14,18H,2H2,1H3. The molecule has 0 aliphatic carbocycles. The molecular weight excluding hydrogens is 236 g/mol. The number of benzene rings is 1. The van der Waals surface area contributed by atoms with Gasteiger partial charge >= 0.3 is 0 Å². The second kappa shape index (κ2) is 5.14. The third-order valence-corrected chi connectivity index (χ3v) is 3.31. The van der Waals surface area contributed by atoms with Gasteiger partial charge in [-0.25, -0.2) is 0 Å². The molecule has 0 aliphatic heterocycles. The van der Waals surface area contributed by atoms with Crippen LogP contribution in [-0.2, 0) is 0 Å². The Labute approximate surface area is 112 Å². The van der Waals surface area contributed by atoms with Crippen molar-refractivity contribution in [2.24, 2.45) is 0 Å². The average Bonchev–Trinajstić information content (AvgIpc) is 2.99. The summed E-state index contributed by atoms with van der Waals surface area (Å²) in [7, 11) is 0. The minimum atomic E-state index is 0.189. The molecule has 0 saturated carbocycles. The quantitative estimate of drug-likeness (QED) is 0.748. The predicted molar refractivity (Wildman–Crippen MR) is 77.1 cm³/mol. The molecule has 0 amide bonds. The van der Waals surface area contributed by atoms with E-state index in [0.29, 0.717) is 0 Å². The van der Waals surface area contributed by atoms with E-state index in [0.717, 1.165) is 23.3 Å². The fraction of sp³-hybridized carbons (Fsp3) is 0.188. The van der Waals surface area contributed by atoms with Crippen LogP contribution in [0, 0.1) is 0 Å². The van der Waals surface area contributed by atoms with Gasteiger partial charge in [-0.05, 0) is 30.7 Å². The number of nitrogens with one attached hydrogen (secondary N) is 1. The summed E-state index contributed by atoms with van der Waals surface area (Å²) < 4.78 is 5.50. The van der Waals surface area contributed by atoms with Crippen molar-refractivity contribution in [1.82, 2.24) is 4.98 Å². The topological polar surface area (TPSA) is 38.1 Å². The molecule has 0 saturated heterocycles. The first-order valence-electron chi connectivity index (χ1n) is 6.51. The Morgan fingerprint density at radius 3 is 2.95 bits per heavy atom. The summed E-state index contributed by atoms with van der Waals surface area (Å²) in [6.45, 7) is 2.15. The van der Waals surface area contributed by atoms with Crippen molar-refractivity contribution >= 4 is 16.5 Å². The molecule has 1 aromatic carbocycles. The molecule has 2 aromatic heterocycles. The van der Waals surface area contributed by atoms with Crippen molar-refractivity contribution in [3.8, 4) is 0 Å². The zero-order valence-electron chi connectivity index (χ0n) is 10.8. The van der Waals surface area contributed by atoms with Crippen LogP contribution in [0.25, 0.3) is 10.8 Å². The third kappa shape index (κ3) is 2.32. The molecule has 3 rings (SSSR count). The molecule has 3 aromatic rings. The number of pyridine rings is 1. The average molecular weight is 252 g/mol. The summed E-state index contributed by atoms with van der Waals surface area (Å²) >= 11 is 0. The molecule has 96 valence electrons. The monoisotopic (exact) mass is 252 g/mol. The zero-order valence-corrected chi connectivity index (χ0v) is 10.8.